The molecule has 0 unspecified atom stereocenters. The molecule has 0 bridgehead atoms. The van der Waals surface area contributed by atoms with Gasteiger partial charge in [-0.2, -0.15) is 0 Å². The van der Waals surface area contributed by atoms with Crippen LogP contribution in [0.5, 0.6) is 0 Å². The number of hydrogen-bond donors (Lipinski definition) is 2. The lowest BCUT2D eigenvalue weighted by Crippen LogP contribution is -2.45. The third-order valence-electron chi connectivity index (χ3n) is 2.63. The summed E-state index contributed by atoms with van der Waals surface area (Å²) in [5.41, 5.74) is -0.336. The van der Waals surface area contributed by atoms with Crippen LogP contribution in [-0.4, -0.2) is 23.9 Å². The van der Waals surface area contributed by atoms with E-state index in [4.69, 9.17) is 0 Å². The maximum absolute atomic E-state index is 13.1. The van der Waals surface area contributed by atoms with E-state index in [0.29, 0.717) is 10.3 Å². The number of benzene rings is 1. The summed E-state index contributed by atoms with van der Waals surface area (Å²) >= 11 is 1.27. The summed E-state index contributed by atoms with van der Waals surface area (Å²) in [6, 6.07) is 6.00. The van der Waals surface area contributed by atoms with E-state index in [2.05, 4.69) is 10.6 Å². The number of fused-ring (bicyclic) bond motifs is 1. The molecule has 2 rings (SSSR count). The fourth-order valence-corrected chi connectivity index (χ4v) is 2.80. The molecule has 112 valence electrons. The van der Waals surface area contributed by atoms with Crippen LogP contribution in [0.1, 0.15) is 30.4 Å². The lowest BCUT2D eigenvalue weighted by Gasteiger charge is -2.20. The molecule has 0 aliphatic heterocycles. The number of carbonyl (C=O) groups is 2. The second-order valence-electron chi connectivity index (χ2n) is 5.77. The molecule has 6 heteroatoms. The highest BCUT2D eigenvalue weighted by Gasteiger charge is 2.15. The van der Waals surface area contributed by atoms with Gasteiger partial charge >= 0.3 is 0 Å². The van der Waals surface area contributed by atoms with Gasteiger partial charge in [0.25, 0.3) is 5.91 Å². The molecule has 1 aromatic heterocycles. The van der Waals surface area contributed by atoms with Crippen molar-refractivity contribution >= 4 is 33.2 Å². The molecule has 0 saturated carbocycles. The number of halogens is 1. The lowest BCUT2D eigenvalue weighted by atomic mass is 10.1. The first-order valence-electron chi connectivity index (χ1n) is 6.53. The number of rotatable bonds is 3. The molecule has 0 aliphatic rings. The summed E-state index contributed by atoms with van der Waals surface area (Å²) in [6.45, 7) is 5.52. The Balaban J connectivity index is 2.01. The first-order chi connectivity index (χ1) is 9.74. The van der Waals surface area contributed by atoms with Crippen LogP contribution in [-0.2, 0) is 4.79 Å². The van der Waals surface area contributed by atoms with Crippen LogP contribution >= 0.6 is 11.3 Å². The molecule has 0 fully saturated rings. The third kappa shape index (κ3) is 4.26. The molecular formula is C15H17FN2O2S. The summed E-state index contributed by atoms with van der Waals surface area (Å²) in [7, 11) is 0. The predicted octanol–water partition coefficient (Wildman–Crippen LogP) is 2.68. The normalized spacial score (nSPS) is 11.4. The topological polar surface area (TPSA) is 58.2 Å². The third-order valence-corrected chi connectivity index (χ3v) is 3.74. The average molecular weight is 308 g/mol. The SMILES string of the molecule is CC(C)(C)NC(=O)CNC(=O)c1cc2cc(F)ccc2s1. The highest BCUT2D eigenvalue weighted by atomic mass is 32.1. The van der Waals surface area contributed by atoms with E-state index in [-0.39, 0.29) is 29.7 Å². The molecule has 2 N–H and O–H groups in total. The van der Waals surface area contributed by atoms with Crippen molar-refractivity contribution in [3.63, 3.8) is 0 Å². The van der Waals surface area contributed by atoms with Crippen LogP contribution in [0.15, 0.2) is 24.3 Å². The van der Waals surface area contributed by atoms with Crippen molar-refractivity contribution in [2.45, 2.75) is 26.3 Å². The van der Waals surface area contributed by atoms with Gasteiger partial charge in [-0.1, -0.05) is 0 Å². The van der Waals surface area contributed by atoms with Crippen LogP contribution in [0.25, 0.3) is 10.1 Å². The number of nitrogens with one attached hydrogen (secondary N) is 2. The van der Waals surface area contributed by atoms with Gasteiger partial charge < -0.3 is 10.6 Å². The zero-order valence-corrected chi connectivity index (χ0v) is 12.9. The van der Waals surface area contributed by atoms with Gasteiger partial charge in [0, 0.05) is 10.2 Å². The van der Waals surface area contributed by atoms with E-state index < -0.39 is 0 Å². The molecule has 2 amide bonds. The molecule has 0 atom stereocenters. The molecule has 0 radical (unpaired) electrons. The van der Waals surface area contributed by atoms with Crippen molar-refractivity contribution in [2.75, 3.05) is 6.54 Å². The maximum atomic E-state index is 13.1. The van der Waals surface area contributed by atoms with Crippen LogP contribution in [0.3, 0.4) is 0 Å². The molecule has 0 spiro atoms. The Morgan fingerprint density at radius 2 is 1.95 bits per heavy atom. The quantitative estimate of drug-likeness (QED) is 0.916. The van der Waals surface area contributed by atoms with Gasteiger partial charge in [0.1, 0.15) is 5.82 Å². The van der Waals surface area contributed by atoms with E-state index in [1.807, 2.05) is 20.8 Å². The molecule has 21 heavy (non-hydrogen) atoms. The Morgan fingerprint density at radius 3 is 2.62 bits per heavy atom. The summed E-state index contributed by atoms with van der Waals surface area (Å²) in [6.07, 6.45) is 0. The molecule has 1 heterocycles. The van der Waals surface area contributed by atoms with Gasteiger partial charge in [0.2, 0.25) is 5.91 Å². The maximum Gasteiger partial charge on any atom is 0.261 e. The first-order valence-corrected chi connectivity index (χ1v) is 7.34. The van der Waals surface area contributed by atoms with E-state index in [1.165, 1.54) is 23.5 Å². The summed E-state index contributed by atoms with van der Waals surface area (Å²) in [5, 5.41) is 6.01. The zero-order valence-electron chi connectivity index (χ0n) is 12.1. The van der Waals surface area contributed by atoms with Crippen LogP contribution in [0, 0.1) is 5.82 Å². The highest BCUT2D eigenvalue weighted by Crippen LogP contribution is 2.26. The van der Waals surface area contributed by atoms with Crippen LogP contribution in [0.2, 0.25) is 0 Å². The van der Waals surface area contributed by atoms with E-state index in [9.17, 15) is 14.0 Å². The minimum absolute atomic E-state index is 0.0846. The van der Waals surface area contributed by atoms with Crippen LogP contribution in [0.4, 0.5) is 4.39 Å². The molecule has 1 aromatic carbocycles. The Morgan fingerprint density at radius 1 is 1.24 bits per heavy atom. The minimum atomic E-state index is -0.336. The second kappa shape index (κ2) is 5.81. The van der Waals surface area contributed by atoms with Gasteiger partial charge in [-0.05, 0) is 50.4 Å². The fourth-order valence-electron chi connectivity index (χ4n) is 1.84. The van der Waals surface area contributed by atoms with Crippen molar-refractivity contribution in [2.24, 2.45) is 0 Å². The van der Waals surface area contributed by atoms with E-state index in [1.54, 1.807) is 12.1 Å². The number of hydrogen-bond acceptors (Lipinski definition) is 3. The summed E-state index contributed by atoms with van der Waals surface area (Å²) < 4.78 is 13.9. The average Bonchev–Trinajstić information content (AvgIpc) is 2.76. The van der Waals surface area contributed by atoms with Gasteiger partial charge in [-0.25, -0.2) is 4.39 Å². The summed E-state index contributed by atoms with van der Waals surface area (Å²) in [5.74, 6) is -0.916. The fraction of sp³-hybridized carbons (Fsp3) is 0.333. The van der Waals surface area contributed by atoms with Crippen molar-refractivity contribution in [3.8, 4) is 0 Å². The Labute approximate surface area is 126 Å². The van der Waals surface area contributed by atoms with Gasteiger partial charge in [-0.3, -0.25) is 9.59 Å². The van der Waals surface area contributed by atoms with E-state index in [0.717, 1.165) is 4.70 Å². The smallest absolute Gasteiger partial charge is 0.261 e. The number of thiophene rings is 1. The molecule has 2 aromatic rings. The number of carbonyl (C=O) groups excluding carboxylic acids is 2. The standard InChI is InChI=1S/C15H17FN2O2S/c1-15(2,3)18-13(19)8-17-14(20)12-7-9-6-10(16)4-5-11(9)21-12/h4-7H,8H2,1-3H3,(H,17,20)(H,18,19). The minimum Gasteiger partial charge on any atom is -0.350 e. The molecular weight excluding hydrogens is 291 g/mol. The van der Waals surface area contributed by atoms with Crippen molar-refractivity contribution in [3.05, 3.63) is 35.0 Å². The molecule has 0 saturated heterocycles. The molecule has 0 aliphatic carbocycles. The van der Waals surface area contributed by atoms with Crippen molar-refractivity contribution in [1.29, 1.82) is 0 Å². The van der Waals surface area contributed by atoms with Gasteiger partial charge in [-0.15, -0.1) is 11.3 Å². The largest absolute Gasteiger partial charge is 0.350 e. The zero-order chi connectivity index (χ0) is 15.6. The highest BCUT2D eigenvalue weighted by molar-refractivity contribution is 7.20. The summed E-state index contributed by atoms with van der Waals surface area (Å²) in [4.78, 5) is 24.1. The monoisotopic (exact) mass is 308 g/mol. The second-order valence-corrected chi connectivity index (χ2v) is 6.86. The molecule has 4 nitrogen and oxygen atoms in total. The first kappa shape index (κ1) is 15.4. The van der Waals surface area contributed by atoms with E-state index >= 15 is 0 Å². The Kier molecular flexibility index (Phi) is 4.27. The Bertz CT molecular complexity index is 689. The van der Waals surface area contributed by atoms with Gasteiger partial charge in [0.05, 0.1) is 11.4 Å². The Hall–Kier alpha value is -1.95. The van der Waals surface area contributed by atoms with Crippen molar-refractivity contribution in [1.82, 2.24) is 10.6 Å². The predicted molar refractivity (Wildman–Crippen MR) is 82.0 cm³/mol. The van der Waals surface area contributed by atoms with Crippen molar-refractivity contribution < 1.29 is 14.0 Å². The lowest BCUT2D eigenvalue weighted by molar-refractivity contribution is -0.121. The number of amides is 2. The van der Waals surface area contributed by atoms with Crippen LogP contribution < -0.4 is 10.6 Å². The van der Waals surface area contributed by atoms with Gasteiger partial charge in [0.15, 0.2) is 0 Å².